The summed E-state index contributed by atoms with van der Waals surface area (Å²) in [5.74, 6) is 1.77. The number of nitrogens with zero attached hydrogens (tertiary/aromatic N) is 3. The van der Waals surface area contributed by atoms with Crippen LogP contribution in [0, 0.1) is 11.3 Å². The van der Waals surface area contributed by atoms with Crippen LogP contribution in [0.2, 0.25) is 5.02 Å². The molecule has 0 radical (unpaired) electrons. The summed E-state index contributed by atoms with van der Waals surface area (Å²) < 4.78 is 5.04. The monoisotopic (exact) mass is 303 g/mol. The molecule has 2 N–H and O–H groups in total. The third kappa shape index (κ3) is 3.81. The standard InChI is InChI=1S/C14H14ClN5O/c1-17-12-6-13(20-14(19-12)8-21-2)18-11-5-9(7-16)3-4-10(11)15/h3-6H,8H2,1-2H3,(H2,17,18,19,20). The van der Waals surface area contributed by atoms with Gasteiger partial charge in [-0.3, -0.25) is 0 Å². The highest BCUT2D eigenvalue weighted by atomic mass is 35.5. The van der Waals surface area contributed by atoms with Crippen molar-refractivity contribution in [1.82, 2.24) is 9.97 Å². The molecule has 0 fully saturated rings. The van der Waals surface area contributed by atoms with Crippen molar-refractivity contribution in [3.8, 4) is 6.07 Å². The van der Waals surface area contributed by atoms with Gasteiger partial charge in [-0.2, -0.15) is 5.26 Å². The van der Waals surface area contributed by atoms with Gasteiger partial charge in [0.1, 0.15) is 18.2 Å². The molecule has 0 amide bonds. The smallest absolute Gasteiger partial charge is 0.158 e. The third-order valence-electron chi connectivity index (χ3n) is 2.66. The zero-order valence-electron chi connectivity index (χ0n) is 11.6. The quantitative estimate of drug-likeness (QED) is 0.883. The van der Waals surface area contributed by atoms with E-state index in [-0.39, 0.29) is 0 Å². The van der Waals surface area contributed by atoms with E-state index in [4.69, 9.17) is 21.6 Å². The average molecular weight is 304 g/mol. The van der Waals surface area contributed by atoms with Crippen LogP contribution in [0.1, 0.15) is 11.4 Å². The summed E-state index contributed by atoms with van der Waals surface area (Å²) in [6, 6.07) is 8.80. The third-order valence-corrected chi connectivity index (χ3v) is 2.99. The maximum absolute atomic E-state index is 8.94. The normalized spacial score (nSPS) is 10.0. The molecular formula is C14H14ClN5O. The molecule has 1 heterocycles. The predicted molar refractivity (Wildman–Crippen MR) is 81.7 cm³/mol. The topological polar surface area (TPSA) is 82.9 Å². The number of hydrogen-bond acceptors (Lipinski definition) is 6. The van der Waals surface area contributed by atoms with Gasteiger partial charge >= 0.3 is 0 Å². The van der Waals surface area contributed by atoms with Gasteiger partial charge in [-0.15, -0.1) is 0 Å². The Balaban J connectivity index is 2.34. The van der Waals surface area contributed by atoms with Gasteiger partial charge in [0.15, 0.2) is 5.82 Å². The van der Waals surface area contributed by atoms with Gasteiger partial charge in [-0.25, -0.2) is 9.97 Å². The zero-order valence-corrected chi connectivity index (χ0v) is 12.4. The Hall–Kier alpha value is -2.36. The van der Waals surface area contributed by atoms with Gasteiger partial charge in [-0.05, 0) is 18.2 Å². The van der Waals surface area contributed by atoms with E-state index < -0.39 is 0 Å². The van der Waals surface area contributed by atoms with Crippen LogP contribution in [0.5, 0.6) is 0 Å². The van der Waals surface area contributed by atoms with E-state index in [0.717, 1.165) is 0 Å². The van der Waals surface area contributed by atoms with Gasteiger partial charge in [-0.1, -0.05) is 11.6 Å². The highest BCUT2D eigenvalue weighted by molar-refractivity contribution is 6.33. The minimum absolute atomic E-state index is 0.302. The molecule has 7 heteroatoms. The predicted octanol–water partition coefficient (Wildman–Crippen LogP) is 2.93. The summed E-state index contributed by atoms with van der Waals surface area (Å²) in [4.78, 5) is 8.60. The second-order valence-corrected chi connectivity index (χ2v) is 4.58. The first-order valence-electron chi connectivity index (χ1n) is 6.17. The summed E-state index contributed by atoms with van der Waals surface area (Å²) in [5, 5.41) is 15.5. The van der Waals surface area contributed by atoms with E-state index >= 15 is 0 Å². The molecule has 21 heavy (non-hydrogen) atoms. The SMILES string of the molecule is CNc1cc(Nc2cc(C#N)ccc2Cl)nc(COC)n1. The molecular weight excluding hydrogens is 290 g/mol. The average Bonchev–Trinajstić information content (AvgIpc) is 2.49. The summed E-state index contributed by atoms with van der Waals surface area (Å²) in [5.41, 5.74) is 1.13. The molecule has 0 spiro atoms. The van der Waals surface area contributed by atoms with E-state index in [2.05, 4.69) is 26.7 Å². The lowest BCUT2D eigenvalue weighted by atomic mass is 10.2. The molecule has 6 nitrogen and oxygen atoms in total. The molecule has 0 saturated carbocycles. The maximum atomic E-state index is 8.94. The van der Waals surface area contributed by atoms with Gasteiger partial charge in [0.05, 0.1) is 22.3 Å². The highest BCUT2D eigenvalue weighted by Crippen LogP contribution is 2.26. The Morgan fingerprint density at radius 2 is 2.05 bits per heavy atom. The number of nitrogens with one attached hydrogen (secondary N) is 2. The molecule has 2 aromatic rings. The van der Waals surface area contributed by atoms with Crippen molar-refractivity contribution in [2.45, 2.75) is 6.61 Å². The van der Waals surface area contributed by atoms with Crippen molar-refractivity contribution in [3.63, 3.8) is 0 Å². The number of anilines is 3. The van der Waals surface area contributed by atoms with Gasteiger partial charge in [0, 0.05) is 20.2 Å². The molecule has 1 aromatic heterocycles. The fourth-order valence-electron chi connectivity index (χ4n) is 1.71. The molecule has 0 bridgehead atoms. The van der Waals surface area contributed by atoms with E-state index in [0.29, 0.717) is 40.3 Å². The van der Waals surface area contributed by atoms with Crippen LogP contribution in [0.4, 0.5) is 17.3 Å². The first kappa shape index (κ1) is 15.0. The molecule has 0 saturated heterocycles. The molecule has 0 aliphatic heterocycles. The molecule has 0 aliphatic rings. The molecule has 108 valence electrons. The number of rotatable bonds is 5. The van der Waals surface area contributed by atoms with Crippen LogP contribution in [0.15, 0.2) is 24.3 Å². The van der Waals surface area contributed by atoms with E-state index in [9.17, 15) is 0 Å². The second kappa shape index (κ2) is 6.88. The van der Waals surface area contributed by atoms with Crippen LogP contribution in [-0.2, 0) is 11.3 Å². The molecule has 0 aliphatic carbocycles. The number of benzene rings is 1. The minimum Gasteiger partial charge on any atom is -0.377 e. The van der Waals surface area contributed by atoms with Crippen LogP contribution in [0.25, 0.3) is 0 Å². The zero-order chi connectivity index (χ0) is 15.2. The highest BCUT2D eigenvalue weighted by Gasteiger charge is 2.07. The number of ether oxygens (including phenoxy) is 1. The van der Waals surface area contributed by atoms with Crippen molar-refractivity contribution in [3.05, 3.63) is 40.7 Å². The van der Waals surface area contributed by atoms with Gasteiger partial charge < -0.3 is 15.4 Å². The Kier molecular flexibility index (Phi) is 4.93. The Morgan fingerprint density at radius 3 is 2.71 bits per heavy atom. The van der Waals surface area contributed by atoms with E-state index in [1.807, 2.05) is 0 Å². The van der Waals surface area contributed by atoms with Gasteiger partial charge in [0.25, 0.3) is 0 Å². The fraction of sp³-hybridized carbons (Fsp3) is 0.214. The van der Waals surface area contributed by atoms with Crippen LogP contribution in [0.3, 0.4) is 0 Å². The number of hydrogen-bond donors (Lipinski definition) is 2. The van der Waals surface area contributed by atoms with Crippen LogP contribution < -0.4 is 10.6 Å². The molecule has 1 aromatic carbocycles. The Labute approximate surface area is 127 Å². The van der Waals surface area contributed by atoms with Crippen LogP contribution in [-0.4, -0.2) is 24.1 Å². The lowest BCUT2D eigenvalue weighted by Gasteiger charge is -2.11. The van der Waals surface area contributed by atoms with Crippen molar-refractivity contribution in [2.75, 3.05) is 24.8 Å². The van der Waals surface area contributed by atoms with Crippen LogP contribution >= 0.6 is 11.6 Å². The Morgan fingerprint density at radius 1 is 1.29 bits per heavy atom. The van der Waals surface area contributed by atoms with Gasteiger partial charge in [0.2, 0.25) is 0 Å². The maximum Gasteiger partial charge on any atom is 0.158 e. The first-order chi connectivity index (χ1) is 10.2. The largest absolute Gasteiger partial charge is 0.377 e. The summed E-state index contributed by atoms with van der Waals surface area (Å²) in [7, 11) is 3.35. The summed E-state index contributed by atoms with van der Waals surface area (Å²) >= 11 is 6.12. The van der Waals surface area contributed by atoms with Crippen molar-refractivity contribution in [2.24, 2.45) is 0 Å². The second-order valence-electron chi connectivity index (χ2n) is 4.17. The lowest BCUT2D eigenvalue weighted by Crippen LogP contribution is -2.05. The minimum atomic E-state index is 0.302. The molecule has 2 rings (SSSR count). The number of halogens is 1. The molecule has 0 atom stereocenters. The van der Waals surface area contributed by atoms with Crippen molar-refractivity contribution < 1.29 is 4.74 Å². The number of methoxy groups -OCH3 is 1. The van der Waals surface area contributed by atoms with Crippen molar-refractivity contribution >= 4 is 28.9 Å². The van der Waals surface area contributed by atoms with E-state index in [1.54, 1.807) is 38.4 Å². The Bertz CT molecular complexity index is 684. The van der Waals surface area contributed by atoms with E-state index in [1.165, 1.54) is 0 Å². The summed E-state index contributed by atoms with van der Waals surface area (Å²) in [6.07, 6.45) is 0. The first-order valence-corrected chi connectivity index (χ1v) is 6.55. The number of nitriles is 1. The van der Waals surface area contributed by atoms with Crippen molar-refractivity contribution in [1.29, 1.82) is 5.26 Å². The molecule has 0 unspecified atom stereocenters. The lowest BCUT2D eigenvalue weighted by molar-refractivity contribution is 0.178. The number of aromatic nitrogens is 2. The summed E-state index contributed by atoms with van der Waals surface area (Å²) in [6.45, 7) is 0.302. The fourth-order valence-corrected chi connectivity index (χ4v) is 1.88.